The zero-order chi connectivity index (χ0) is 25.9. The monoisotopic (exact) mass is 513 g/mol. The number of aryl methyl sites for hydroxylation is 1. The molecule has 0 fully saturated rings. The first-order chi connectivity index (χ1) is 17.1. The Morgan fingerprint density at radius 3 is 2.33 bits per heavy atom. The summed E-state index contributed by atoms with van der Waals surface area (Å²) in [5, 5.41) is 9.40. The number of alkyl halides is 3. The van der Waals surface area contributed by atoms with Gasteiger partial charge >= 0.3 is 12.1 Å². The molecule has 0 aliphatic heterocycles. The summed E-state index contributed by atoms with van der Waals surface area (Å²) in [4.78, 5) is 16.3. The van der Waals surface area contributed by atoms with Crippen LogP contribution in [0.25, 0.3) is 21.8 Å². The molecule has 0 saturated carbocycles. The lowest BCUT2D eigenvalue weighted by Crippen LogP contribution is -2.10. The van der Waals surface area contributed by atoms with Crippen LogP contribution in [0.1, 0.15) is 29.0 Å². The molecule has 36 heavy (non-hydrogen) atoms. The zero-order valence-electron chi connectivity index (χ0n) is 19.4. The Morgan fingerprint density at radius 2 is 1.72 bits per heavy atom. The summed E-state index contributed by atoms with van der Waals surface area (Å²) < 4.78 is 50.4. The fraction of sp³-hybridized carbons (Fsp3) is 0.185. The second-order valence-electron chi connectivity index (χ2n) is 8.04. The molecule has 3 aromatic carbocycles. The van der Waals surface area contributed by atoms with Gasteiger partial charge in [-0.3, -0.25) is 0 Å². The molecule has 1 heterocycles. The van der Waals surface area contributed by atoms with Gasteiger partial charge in [0.25, 0.3) is 0 Å². The molecular formula is C27H22F3NO4S. The molecule has 0 radical (unpaired) electrons. The fourth-order valence-electron chi connectivity index (χ4n) is 3.59. The summed E-state index contributed by atoms with van der Waals surface area (Å²) in [5.41, 5.74) is 2.15. The molecule has 4 aromatic rings. The van der Waals surface area contributed by atoms with E-state index in [1.165, 1.54) is 23.5 Å². The number of ether oxygens (including phenoxy) is 2. The molecule has 0 amide bonds. The number of rotatable bonds is 8. The lowest BCUT2D eigenvalue weighted by molar-refractivity contribution is -0.139. The van der Waals surface area contributed by atoms with Gasteiger partial charge in [0.05, 0.1) is 16.1 Å². The minimum Gasteiger partial charge on any atom is -0.485 e. The highest BCUT2D eigenvalue weighted by molar-refractivity contribution is 7.15. The topological polar surface area (TPSA) is 68.7 Å². The maximum atomic E-state index is 13.0. The van der Waals surface area contributed by atoms with Gasteiger partial charge in [-0.25, -0.2) is 9.78 Å². The van der Waals surface area contributed by atoms with E-state index >= 15 is 0 Å². The van der Waals surface area contributed by atoms with Crippen molar-refractivity contribution >= 4 is 17.3 Å². The summed E-state index contributed by atoms with van der Waals surface area (Å²) in [7, 11) is 0. The molecule has 0 unspecified atom stereocenters. The van der Waals surface area contributed by atoms with Crippen molar-refractivity contribution in [2.75, 3.05) is 6.61 Å². The molecule has 186 valence electrons. The van der Waals surface area contributed by atoms with E-state index in [4.69, 9.17) is 19.6 Å². The summed E-state index contributed by atoms with van der Waals surface area (Å²) in [5.74, 6) is -0.0539. The van der Waals surface area contributed by atoms with Gasteiger partial charge in [0.1, 0.15) is 22.6 Å². The highest BCUT2D eigenvalue weighted by atomic mass is 32.1. The quantitative estimate of drug-likeness (QED) is 0.266. The molecular weight excluding hydrogens is 491 g/mol. The van der Waals surface area contributed by atoms with E-state index in [0.29, 0.717) is 27.8 Å². The van der Waals surface area contributed by atoms with Gasteiger partial charge in [-0.1, -0.05) is 42.5 Å². The number of carboxylic acids is 1. The molecule has 1 atom stereocenters. The molecule has 4 rings (SSSR count). The fourth-order valence-corrected chi connectivity index (χ4v) is 4.66. The van der Waals surface area contributed by atoms with Crippen molar-refractivity contribution in [1.82, 2.24) is 4.98 Å². The van der Waals surface area contributed by atoms with Crippen LogP contribution in [0.5, 0.6) is 11.5 Å². The van der Waals surface area contributed by atoms with Crippen molar-refractivity contribution < 1.29 is 32.5 Å². The van der Waals surface area contributed by atoms with Crippen molar-refractivity contribution in [1.29, 1.82) is 0 Å². The van der Waals surface area contributed by atoms with E-state index in [1.807, 2.05) is 37.3 Å². The van der Waals surface area contributed by atoms with Gasteiger partial charge in [-0.15, -0.1) is 11.3 Å². The second-order valence-corrected chi connectivity index (χ2v) is 9.07. The molecule has 0 bridgehead atoms. The number of halogens is 3. The van der Waals surface area contributed by atoms with Gasteiger partial charge < -0.3 is 14.6 Å². The van der Waals surface area contributed by atoms with E-state index in [9.17, 15) is 18.0 Å². The van der Waals surface area contributed by atoms with Crippen molar-refractivity contribution in [2.45, 2.75) is 26.1 Å². The van der Waals surface area contributed by atoms with Crippen molar-refractivity contribution in [3.05, 3.63) is 88.8 Å². The third kappa shape index (κ3) is 5.85. The Kier molecular flexibility index (Phi) is 7.30. The van der Waals surface area contributed by atoms with Crippen LogP contribution >= 0.6 is 11.3 Å². The largest absolute Gasteiger partial charge is 0.485 e. The highest BCUT2D eigenvalue weighted by Gasteiger charge is 2.30. The number of hydrogen-bond acceptors (Lipinski definition) is 5. The normalized spacial score (nSPS) is 12.2. The third-order valence-electron chi connectivity index (χ3n) is 5.34. The van der Waals surface area contributed by atoms with Gasteiger partial charge in [0.15, 0.2) is 6.61 Å². The van der Waals surface area contributed by atoms with Crippen LogP contribution in [-0.4, -0.2) is 22.7 Å². The zero-order valence-corrected chi connectivity index (χ0v) is 20.2. The average molecular weight is 514 g/mol. The molecule has 9 heteroatoms. The molecule has 0 saturated heterocycles. The molecule has 5 nitrogen and oxygen atoms in total. The van der Waals surface area contributed by atoms with Crippen LogP contribution in [0.4, 0.5) is 13.2 Å². The van der Waals surface area contributed by atoms with Gasteiger partial charge in [-0.2, -0.15) is 13.2 Å². The van der Waals surface area contributed by atoms with E-state index in [2.05, 4.69) is 0 Å². The van der Waals surface area contributed by atoms with Crippen LogP contribution in [0.2, 0.25) is 0 Å². The SMILES string of the molecule is Cc1cc(O[C@@H](C)c2sc(-c3ccc(C(F)(F)F)cc3)nc2-c2ccccc2)ccc1OCC(=O)O. The van der Waals surface area contributed by atoms with Crippen molar-refractivity contribution in [2.24, 2.45) is 0 Å². The maximum absolute atomic E-state index is 13.0. The minimum absolute atomic E-state index is 0.425. The lowest BCUT2D eigenvalue weighted by atomic mass is 10.1. The highest BCUT2D eigenvalue weighted by Crippen LogP contribution is 2.40. The number of carbonyl (C=O) groups is 1. The number of aromatic nitrogens is 1. The summed E-state index contributed by atoms with van der Waals surface area (Å²) in [6.07, 6.45) is -4.83. The first-order valence-electron chi connectivity index (χ1n) is 11.0. The van der Waals surface area contributed by atoms with E-state index < -0.39 is 30.4 Å². The lowest BCUT2D eigenvalue weighted by Gasteiger charge is -2.16. The number of carboxylic acid groups (broad SMARTS) is 1. The van der Waals surface area contributed by atoms with Crippen LogP contribution < -0.4 is 9.47 Å². The van der Waals surface area contributed by atoms with E-state index in [-0.39, 0.29) is 0 Å². The second kappa shape index (κ2) is 10.4. The molecule has 0 spiro atoms. The standard InChI is InChI=1S/C27H22F3NO4S/c1-16-14-21(12-13-22(16)34-15-23(32)33)35-17(2)25-24(18-6-4-3-5-7-18)31-26(36-25)19-8-10-20(11-9-19)27(28,29)30/h3-14,17H,15H2,1-2H3,(H,32,33)/t17-/m0/s1. The van der Waals surface area contributed by atoms with E-state index in [0.717, 1.165) is 28.1 Å². The van der Waals surface area contributed by atoms with Gasteiger partial charge in [-0.05, 0) is 49.7 Å². The Bertz CT molecular complexity index is 1350. The number of hydrogen-bond donors (Lipinski definition) is 1. The van der Waals surface area contributed by atoms with Crippen LogP contribution in [0.15, 0.2) is 72.8 Å². The Balaban J connectivity index is 1.64. The molecule has 0 aliphatic carbocycles. The summed E-state index contributed by atoms with van der Waals surface area (Å²) >= 11 is 1.36. The number of thiazole rings is 1. The first-order valence-corrected chi connectivity index (χ1v) is 11.8. The molecule has 1 aromatic heterocycles. The smallest absolute Gasteiger partial charge is 0.416 e. The number of benzene rings is 3. The Labute approximate surface area is 209 Å². The van der Waals surface area contributed by atoms with Crippen LogP contribution in [0.3, 0.4) is 0 Å². The van der Waals surface area contributed by atoms with Crippen molar-refractivity contribution in [3.8, 4) is 33.3 Å². The minimum atomic E-state index is -4.41. The average Bonchev–Trinajstić information content (AvgIpc) is 3.29. The maximum Gasteiger partial charge on any atom is 0.416 e. The third-order valence-corrected chi connectivity index (χ3v) is 6.60. The van der Waals surface area contributed by atoms with Gasteiger partial charge in [0, 0.05) is 11.1 Å². The number of nitrogens with zero attached hydrogens (tertiary/aromatic N) is 1. The predicted octanol–water partition coefficient (Wildman–Crippen LogP) is 7.41. The number of aliphatic carboxylic acids is 1. The van der Waals surface area contributed by atoms with E-state index in [1.54, 1.807) is 25.1 Å². The van der Waals surface area contributed by atoms with Crippen molar-refractivity contribution in [3.63, 3.8) is 0 Å². The molecule has 0 aliphatic rings. The first kappa shape index (κ1) is 25.2. The van der Waals surface area contributed by atoms with Crippen LogP contribution in [0, 0.1) is 6.92 Å². The predicted molar refractivity (Wildman–Crippen MR) is 131 cm³/mol. The van der Waals surface area contributed by atoms with Crippen LogP contribution in [-0.2, 0) is 11.0 Å². The Hall–Kier alpha value is -3.85. The van der Waals surface area contributed by atoms with Gasteiger partial charge in [0.2, 0.25) is 0 Å². The summed E-state index contributed by atoms with van der Waals surface area (Å²) in [6, 6.07) is 19.6. The summed E-state index contributed by atoms with van der Waals surface area (Å²) in [6.45, 7) is 3.23. The molecule has 1 N–H and O–H groups in total. The Morgan fingerprint density at radius 1 is 1.03 bits per heavy atom.